The summed E-state index contributed by atoms with van der Waals surface area (Å²) in [5, 5.41) is 0.478. The Morgan fingerprint density at radius 3 is 2.35 bits per heavy atom. The first-order valence-electron chi connectivity index (χ1n) is 7.22. The van der Waals surface area contributed by atoms with E-state index in [1.807, 2.05) is 0 Å². The summed E-state index contributed by atoms with van der Waals surface area (Å²) in [4.78, 5) is 2.62. The van der Waals surface area contributed by atoms with Gasteiger partial charge in [0.15, 0.2) is 0 Å². The minimum atomic E-state index is 0.295. The monoisotopic (exact) mass is 281 g/mol. The van der Waals surface area contributed by atoms with Crippen LogP contribution in [0.25, 0.3) is 0 Å². The molecule has 2 aliphatic heterocycles. The molecule has 2 atom stereocenters. The molecule has 0 spiro atoms. The molecule has 0 N–H and O–H groups in total. The predicted octanol–water partition coefficient (Wildman–Crippen LogP) is 5.02. The Labute approximate surface area is 125 Å². The average Bonchev–Trinajstić information content (AvgIpc) is 2.76. The quantitative estimate of drug-likeness (QED) is 0.722. The summed E-state index contributed by atoms with van der Waals surface area (Å²) in [5.74, 6) is 1.22. The van der Waals surface area contributed by atoms with Crippen LogP contribution in [0.5, 0.6) is 0 Å². The molecule has 1 nitrogen and oxygen atoms in total. The molecule has 20 heavy (non-hydrogen) atoms. The second-order valence-electron chi connectivity index (χ2n) is 6.43. The first-order chi connectivity index (χ1) is 9.68. The van der Waals surface area contributed by atoms with Crippen LogP contribution in [-0.2, 0) is 0 Å². The molecule has 2 unspecified atom stereocenters. The SMILES string of the molecule is CC1(C)CSC2c3ccccc3C1N2c1ccccc1. The van der Waals surface area contributed by atoms with Crippen LogP contribution in [0.15, 0.2) is 54.6 Å². The molecule has 2 bridgehead atoms. The summed E-state index contributed by atoms with van der Waals surface area (Å²) >= 11 is 2.08. The fraction of sp³-hybridized carbons (Fsp3) is 0.333. The number of hydrogen-bond acceptors (Lipinski definition) is 2. The maximum Gasteiger partial charge on any atom is 0.101 e. The summed E-state index contributed by atoms with van der Waals surface area (Å²) < 4.78 is 0. The molecular formula is C18H19NS. The van der Waals surface area contributed by atoms with Crippen molar-refractivity contribution in [3.8, 4) is 0 Å². The fourth-order valence-electron chi connectivity index (χ4n) is 3.64. The predicted molar refractivity (Wildman–Crippen MR) is 87.1 cm³/mol. The lowest BCUT2D eigenvalue weighted by atomic mass is 9.82. The van der Waals surface area contributed by atoms with Crippen LogP contribution in [0.1, 0.15) is 36.4 Å². The summed E-state index contributed by atoms with van der Waals surface area (Å²) in [6.45, 7) is 4.80. The first kappa shape index (κ1) is 12.3. The number of hydrogen-bond donors (Lipinski definition) is 0. The molecule has 1 fully saturated rings. The second-order valence-corrected chi connectivity index (χ2v) is 7.49. The number of anilines is 1. The number of para-hydroxylation sites is 1. The van der Waals surface area contributed by atoms with E-state index in [1.54, 1.807) is 0 Å². The number of rotatable bonds is 1. The van der Waals surface area contributed by atoms with Gasteiger partial charge in [0.05, 0.1) is 6.04 Å². The largest absolute Gasteiger partial charge is 0.348 e. The van der Waals surface area contributed by atoms with Crippen molar-refractivity contribution in [2.45, 2.75) is 25.3 Å². The van der Waals surface area contributed by atoms with Gasteiger partial charge in [0.1, 0.15) is 5.37 Å². The average molecular weight is 281 g/mol. The van der Waals surface area contributed by atoms with E-state index in [4.69, 9.17) is 0 Å². The Bertz CT molecular complexity index is 635. The van der Waals surface area contributed by atoms with Gasteiger partial charge in [0, 0.05) is 11.4 Å². The van der Waals surface area contributed by atoms with Crippen molar-refractivity contribution < 1.29 is 0 Å². The molecule has 2 heterocycles. The molecule has 0 radical (unpaired) electrons. The van der Waals surface area contributed by atoms with Crippen molar-refractivity contribution in [1.29, 1.82) is 0 Å². The van der Waals surface area contributed by atoms with Gasteiger partial charge in [-0.1, -0.05) is 56.3 Å². The van der Waals surface area contributed by atoms with Gasteiger partial charge in [0.25, 0.3) is 0 Å². The molecule has 0 saturated carbocycles. The maximum absolute atomic E-state index is 2.62. The zero-order chi connectivity index (χ0) is 13.7. The minimum absolute atomic E-state index is 0.295. The number of benzene rings is 2. The molecular weight excluding hydrogens is 262 g/mol. The Hall–Kier alpha value is -1.41. The van der Waals surface area contributed by atoms with Crippen LogP contribution in [0.2, 0.25) is 0 Å². The van der Waals surface area contributed by atoms with Gasteiger partial charge in [-0.3, -0.25) is 0 Å². The lowest BCUT2D eigenvalue weighted by molar-refractivity contribution is 0.317. The van der Waals surface area contributed by atoms with E-state index in [0.29, 0.717) is 16.8 Å². The third kappa shape index (κ3) is 1.64. The highest BCUT2D eigenvalue weighted by Gasteiger charge is 2.50. The summed E-state index contributed by atoms with van der Waals surface area (Å²) in [6, 6.07) is 20.4. The molecule has 102 valence electrons. The standard InChI is InChI=1S/C18H19NS/c1-18(2)12-20-17-15-11-7-6-10-14(15)16(18)19(17)13-8-4-3-5-9-13/h3-11,16-17H,12H2,1-2H3. The molecule has 0 amide bonds. The van der Waals surface area contributed by atoms with E-state index in [2.05, 4.69) is 85.1 Å². The lowest BCUT2D eigenvalue weighted by Gasteiger charge is -2.46. The van der Waals surface area contributed by atoms with Crippen LogP contribution in [0.3, 0.4) is 0 Å². The maximum atomic E-state index is 2.62. The van der Waals surface area contributed by atoms with Gasteiger partial charge in [-0.2, -0.15) is 0 Å². The van der Waals surface area contributed by atoms with Crippen molar-refractivity contribution in [1.82, 2.24) is 0 Å². The highest BCUT2D eigenvalue weighted by Crippen LogP contribution is 2.61. The minimum Gasteiger partial charge on any atom is -0.348 e. The van der Waals surface area contributed by atoms with Gasteiger partial charge >= 0.3 is 0 Å². The molecule has 0 aliphatic carbocycles. The van der Waals surface area contributed by atoms with Crippen LogP contribution in [-0.4, -0.2) is 5.75 Å². The number of fused-ring (bicyclic) bond motifs is 5. The first-order valence-corrected chi connectivity index (χ1v) is 8.27. The Kier molecular flexibility index (Phi) is 2.65. The van der Waals surface area contributed by atoms with Crippen LogP contribution < -0.4 is 4.90 Å². The van der Waals surface area contributed by atoms with Gasteiger partial charge in [-0.15, -0.1) is 11.8 Å². The smallest absolute Gasteiger partial charge is 0.101 e. The highest BCUT2D eigenvalue weighted by molar-refractivity contribution is 7.99. The summed E-state index contributed by atoms with van der Waals surface area (Å²) in [5.41, 5.74) is 4.68. The second kappa shape index (κ2) is 4.29. The van der Waals surface area contributed by atoms with E-state index >= 15 is 0 Å². The Balaban J connectivity index is 1.90. The third-order valence-corrected chi connectivity index (χ3v) is 6.20. The van der Waals surface area contributed by atoms with Gasteiger partial charge in [0.2, 0.25) is 0 Å². The fourth-order valence-corrected chi connectivity index (χ4v) is 5.19. The van der Waals surface area contributed by atoms with Crippen LogP contribution in [0, 0.1) is 5.41 Å². The van der Waals surface area contributed by atoms with Crippen LogP contribution >= 0.6 is 11.8 Å². The van der Waals surface area contributed by atoms with Crippen molar-refractivity contribution in [2.75, 3.05) is 10.7 Å². The van der Waals surface area contributed by atoms with Crippen LogP contribution in [0.4, 0.5) is 5.69 Å². The van der Waals surface area contributed by atoms with Gasteiger partial charge < -0.3 is 4.90 Å². The molecule has 0 aromatic heterocycles. The van der Waals surface area contributed by atoms with Crippen molar-refractivity contribution in [3.05, 3.63) is 65.7 Å². The number of thioether (sulfide) groups is 1. The van der Waals surface area contributed by atoms with Gasteiger partial charge in [-0.05, 0) is 28.7 Å². The summed E-state index contributed by atoms with van der Waals surface area (Å²) in [6.07, 6.45) is 0. The van der Waals surface area contributed by atoms with E-state index in [-0.39, 0.29) is 0 Å². The van der Waals surface area contributed by atoms with Gasteiger partial charge in [-0.25, -0.2) is 0 Å². The Morgan fingerprint density at radius 1 is 0.950 bits per heavy atom. The van der Waals surface area contributed by atoms with E-state index < -0.39 is 0 Å². The zero-order valence-corrected chi connectivity index (χ0v) is 12.7. The van der Waals surface area contributed by atoms with Crippen molar-refractivity contribution in [3.63, 3.8) is 0 Å². The van der Waals surface area contributed by atoms with E-state index in [9.17, 15) is 0 Å². The van der Waals surface area contributed by atoms with E-state index in [0.717, 1.165) is 0 Å². The molecule has 2 heteroatoms. The number of nitrogens with zero attached hydrogens (tertiary/aromatic N) is 1. The topological polar surface area (TPSA) is 3.24 Å². The van der Waals surface area contributed by atoms with Crippen molar-refractivity contribution >= 4 is 17.4 Å². The van der Waals surface area contributed by atoms with Crippen molar-refractivity contribution in [2.24, 2.45) is 5.41 Å². The Morgan fingerprint density at radius 2 is 1.60 bits per heavy atom. The molecule has 2 aromatic rings. The molecule has 4 rings (SSSR count). The molecule has 2 aromatic carbocycles. The molecule has 2 aliphatic rings. The normalized spacial score (nSPS) is 26.4. The lowest BCUT2D eigenvalue weighted by Crippen LogP contribution is -2.40. The third-order valence-electron chi connectivity index (χ3n) is 4.50. The van der Waals surface area contributed by atoms with E-state index in [1.165, 1.54) is 22.6 Å². The summed E-state index contributed by atoms with van der Waals surface area (Å²) in [7, 11) is 0. The molecule has 1 saturated heterocycles. The zero-order valence-electron chi connectivity index (χ0n) is 11.9. The highest BCUT2D eigenvalue weighted by atomic mass is 32.2.